The van der Waals surface area contributed by atoms with Crippen LogP contribution in [0.1, 0.15) is 10.4 Å². The van der Waals surface area contributed by atoms with Crippen molar-refractivity contribution >= 4 is 17.4 Å². The first-order valence-electron chi connectivity index (χ1n) is 3.76. The minimum absolute atomic E-state index is 0.134. The minimum Gasteiger partial charge on any atom is -0.480 e. The molecular formula is C7H8N4O4. The number of carbonyl (C=O) groups excluding carboxylic acids is 1. The zero-order chi connectivity index (χ0) is 11.6. The molecule has 0 aliphatic heterocycles. The van der Waals surface area contributed by atoms with E-state index < -0.39 is 16.5 Å². The number of hydrogen-bond donors (Lipinski definition) is 2. The summed E-state index contributed by atoms with van der Waals surface area (Å²) >= 11 is 0. The van der Waals surface area contributed by atoms with Gasteiger partial charge in [0.25, 0.3) is 5.91 Å². The SMILES string of the molecule is COc1nc(N)c([N+](=O)[O-])cc1C(N)=O. The molecular weight excluding hydrogens is 204 g/mol. The largest absolute Gasteiger partial charge is 0.480 e. The lowest BCUT2D eigenvalue weighted by Crippen LogP contribution is -2.14. The lowest BCUT2D eigenvalue weighted by Gasteiger charge is -2.05. The number of methoxy groups -OCH3 is 1. The van der Waals surface area contributed by atoms with Gasteiger partial charge in [0.05, 0.1) is 12.0 Å². The summed E-state index contributed by atoms with van der Waals surface area (Å²) in [6.45, 7) is 0. The van der Waals surface area contributed by atoms with E-state index in [0.717, 1.165) is 6.07 Å². The number of pyridine rings is 1. The Morgan fingerprint density at radius 3 is 2.67 bits per heavy atom. The van der Waals surface area contributed by atoms with Crippen molar-refractivity contribution in [2.24, 2.45) is 5.73 Å². The summed E-state index contributed by atoms with van der Waals surface area (Å²) in [6.07, 6.45) is 0. The van der Waals surface area contributed by atoms with Gasteiger partial charge in [0, 0.05) is 6.07 Å². The molecule has 1 rings (SSSR count). The van der Waals surface area contributed by atoms with Gasteiger partial charge in [-0.3, -0.25) is 14.9 Å². The normalized spacial score (nSPS) is 9.67. The van der Waals surface area contributed by atoms with Crippen LogP contribution in [-0.4, -0.2) is 22.9 Å². The third kappa shape index (κ3) is 1.93. The van der Waals surface area contributed by atoms with E-state index in [1.165, 1.54) is 7.11 Å². The first-order chi connectivity index (χ1) is 6.97. The van der Waals surface area contributed by atoms with E-state index in [2.05, 4.69) is 4.98 Å². The third-order valence-corrected chi connectivity index (χ3v) is 1.65. The van der Waals surface area contributed by atoms with E-state index in [9.17, 15) is 14.9 Å². The number of rotatable bonds is 3. The van der Waals surface area contributed by atoms with Gasteiger partial charge in [-0.2, -0.15) is 4.98 Å². The first-order valence-corrected chi connectivity index (χ1v) is 3.76. The van der Waals surface area contributed by atoms with Crippen LogP contribution in [0.4, 0.5) is 11.5 Å². The quantitative estimate of drug-likeness (QED) is 0.520. The van der Waals surface area contributed by atoms with Crippen LogP contribution in [0.5, 0.6) is 5.88 Å². The molecule has 0 aromatic carbocycles. The molecule has 0 radical (unpaired) electrons. The van der Waals surface area contributed by atoms with Crippen molar-refractivity contribution in [2.45, 2.75) is 0 Å². The van der Waals surface area contributed by atoms with Gasteiger partial charge in [-0.1, -0.05) is 0 Å². The van der Waals surface area contributed by atoms with E-state index in [0.29, 0.717) is 0 Å². The van der Waals surface area contributed by atoms with Crippen molar-refractivity contribution in [1.82, 2.24) is 4.98 Å². The summed E-state index contributed by atoms with van der Waals surface area (Å²) in [4.78, 5) is 24.2. The summed E-state index contributed by atoms with van der Waals surface area (Å²) in [5.41, 5.74) is 9.61. The molecule has 0 spiro atoms. The maximum Gasteiger partial charge on any atom is 0.312 e. The molecule has 4 N–H and O–H groups in total. The van der Waals surface area contributed by atoms with Crippen LogP contribution < -0.4 is 16.2 Å². The molecule has 8 nitrogen and oxygen atoms in total. The Balaban J connectivity index is 3.43. The highest BCUT2D eigenvalue weighted by atomic mass is 16.6. The van der Waals surface area contributed by atoms with Gasteiger partial charge in [-0.25, -0.2) is 0 Å². The molecule has 0 unspecified atom stereocenters. The van der Waals surface area contributed by atoms with Crippen molar-refractivity contribution in [3.05, 3.63) is 21.7 Å². The number of amides is 1. The minimum atomic E-state index is -0.873. The molecule has 80 valence electrons. The Morgan fingerprint density at radius 2 is 2.27 bits per heavy atom. The van der Waals surface area contributed by atoms with Gasteiger partial charge in [0.15, 0.2) is 0 Å². The molecule has 0 atom stereocenters. The van der Waals surface area contributed by atoms with Crippen LogP contribution >= 0.6 is 0 Å². The number of nitrogens with zero attached hydrogens (tertiary/aromatic N) is 2. The number of nitrogen functional groups attached to an aromatic ring is 1. The Labute approximate surface area is 84.0 Å². The Hall–Kier alpha value is -2.38. The predicted molar refractivity (Wildman–Crippen MR) is 50.4 cm³/mol. The molecule has 8 heteroatoms. The van der Waals surface area contributed by atoms with Crippen LogP contribution in [-0.2, 0) is 0 Å². The number of carbonyl (C=O) groups is 1. The summed E-state index contributed by atoms with van der Waals surface area (Å²) in [5.74, 6) is -1.34. The van der Waals surface area contributed by atoms with E-state index in [-0.39, 0.29) is 17.3 Å². The number of anilines is 1. The maximum atomic E-state index is 10.9. The fourth-order valence-electron chi connectivity index (χ4n) is 0.978. The maximum absolute atomic E-state index is 10.9. The van der Waals surface area contributed by atoms with E-state index >= 15 is 0 Å². The lowest BCUT2D eigenvalue weighted by atomic mass is 10.2. The van der Waals surface area contributed by atoms with Gasteiger partial charge in [0.1, 0.15) is 5.56 Å². The van der Waals surface area contributed by atoms with Gasteiger partial charge < -0.3 is 16.2 Å². The van der Waals surface area contributed by atoms with Crippen LogP contribution in [0.3, 0.4) is 0 Å². The zero-order valence-corrected chi connectivity index (χ0v) is 7.76. The highest BCUT2D eigenvalue weighted by molar-refractivity contribution is 5.96. The van der Waals surface area contributed by atoms with Gasteiger partial charge in [-0.05, 0) is 0 Å². The molecule has 1 aromatic heterocycles. The summed E-state index contributed by atoms with van der Waals surface area (Å²) < 4.78 is 4.71. The summed E-state index contributed by atoms with van der Waals surface area (Å²) in [7, 11) is 1.25. The third-order valence-electron chi connectivity index (χ3n) is 1.65. The Kier molecular flexibility index (Phi) is 2.70. The molecule has 0 saturated heterocycles. The van der Waals surface area contributed by atoms with Crippen LogP contribution in [0, 0.1) is 10.1 Å². The van der Waals surface area contributed by atoms with Gasteiger partial charge in [-0.15, -0.1) is 0 Å². The highest BCUT2D eigenvalue weighted by Gasteiger charge is 2.21. The monoisotopic (exact) mass is 212 g/mol. The topological polar surface area (TPSA) is 134 Å². The fraction of sp³-hybridized carbons (Fsp3) is 0.143. The summed E-state index contributed by atoms with van der Waals surface area (Å²) in [5, 5.41) is 10.5. The number of nitrogens with two attached hydrogens (primary N) is 2. The van der Waals surface area contributed by atoms with Crippen LogP contribution in [0.25, 0.3) is 0 Å². The van der Waals surface area contributed by atoms with Crippen LogP contribution in [0.2, 0.25) is 0 Å². The average molecular weight is 212 g/mol. The standard InChI is InChI=1S/C7H8N4O4/c1-15-7-3(6(9)12)2-4(11(13)14)5(8)10-7/h2H,1H3,(H2,8,10)(H2,9,12). The second kappa shape index (κ2) is 3.78. The van der Waals surface area contributed by atoms with E-state index in [1.54, 1.807) is 0 Å². The molecule has 0 fully saturated rings. The summed E-state index contributed by atoms with van der Waals surface area (Å²) in [6, 6.07) is 0.934. The number of nitro groups is 1. The van der Waals surface area contributed by atoms with E-state index in [4.69, 9.17) is 16.2 Å². The molecule has 0 saturated carbocycles. The molecule has 0 aliphatic carbocycles. The molecule has 0 aliphatic rings. The first kappa shape index (κ1) is 10.7. The second-order valence-electron chi connectivity index (χ2n) is 2.57. The lowest BCUT2D eigenvalue weighted by molar-refractivity contribution is -0.384. The van der Waals surface area contributed by atoms with Crippen molar-refractivity contribution in [1.29, 1.82) is 0 Å². The number of primary amides is 1. The molecule has 1 amide bonds. The number of hydrogen-bond acceptors (Lipinski definition) is 6. The molecule has 0 bridgehead atoms. The van der Waals surface area contributed by atoms with Crippen molar-refractivity contribution in [3.63, 3.8) is 0 Å². The molecule has 1 heterocycles. The molecule has 15 heavy (non-hydrogen) atoms. The molecule has 1 aromatic rings. The smallest absolute Gasteiger partial charge is 0.312 e. The number of aromatic nitrogens is 1. The number of ether oxygens (including phenoxy) is 1. The van der Waals surface area contributed by atoms with Gasteiger partial charge in [0.2, 0.25) is 11.7 Å². The second-order valence-corrected chi connectivity index (χ2v) is 2.57. The van der Waals surface area contributed by atoms with Crippen molar-refractivity contribution < 1.29 is 14.5 Å². The van der Waals surface area contributed by atoms with Crippen molar-refractivity contribution in [3.8, 4) is 5.88 Å². The van der Waals surface area contributed by atoms with Crippen molar-refractivity contribution in [2.75, 3.05) is 12.8 Å². The predicted octanol–water partition coefficient (Wildman–Crippen LogP) is -0.321. The fourth-order valence-corrected chi connectivity index (χ4v) is 0.978. The Bertz CT molecular complexity index is 431. The van der Waals surface area contributed by atoms with E-state index in [1.807, 2.05) is 0 Å². The Morgan fingerprint density at radius 1 is 1.67 bits per heavy atom. The van der Waals surface area contributed by atoms with Gasteiger partial charge >= 0.3 is 5.69 Å². The van der Waals surface area contributed by atoms with Crippen LogP contribution in [0.15, 0.2) is 6.07 Å². The average Bonchev–Trinajstić information content (AvgIpc) is 2.16. The zero-order valence-electron chi connectivity index (χ0n) is 7.76. The highest BCUT2D eigenvalue weighted by Crippen LogP contribution is 2.26.